The van der Waals surface area contributed by atoms with E-state index >= 15 is 0 Å². The number of nitrogens with one attached hydrogen (secondary N) is 1. The molecule has 1 amide bonds. The van der Waals surface area contributed by atoms with Crippen molar-refractivity contribution < 1.29 is 9.53 Å². The number of carbonyl (C=O) groups is 1. The number of aromatic nitrogens is 2. The molecule has 1 aromatic carbocycles. The molecule has 1 atom stereocenters. The van der Waals surface area contributed by atoms with E-state index in [4.69, 9.17) is 4.74 Å². The first-order valence-electron chi connectivity index (χ1n) is 8.27. The second-order valence-electron chi connectivity index (χ2n) is 6.32. The summed E-state index contributed by atoms with van der Waals surface area (Å²) in [6.45, 7) is 3.91. The van der Waals surface area contributed by atoms with Crippen molar-refractivity contribution in [3.63, 3.8) is 0 Å². The van der Waals surface area contributed by atoms with Gasteiger partial charge in [-0.3, -0.25) is 9.48 Å². The van der Waals surface area contributed by atoms with Crippen LogP contribution in [0.1, 0.15) is 10.5 Å². The maximum atomic E-state index is 12.5. The molecule has 6 heteroatoms. The zero-order valence-corrected chi connectivity index (χ0v) is 14.2. The molecule has 1 aliphatic heterocycles. The SMILES string of the molecule is CN1CCOCC(CNC(=O)c2cc(-c3ccccc3)nn2C)C1. The van der Waals surface area contributed by atoms with Crippen LogP contribution in [0.5, 0.6) is 0 Å². The van der Waals surface area contributed by atoms with Gasteiger partial charge in [-0.25, -0.2) is 0 Å². The molecule has 1 fully saturated rings. The fraction of sp³-hybridized carbons (Fsp3) is 0.444. The zero-order chi connectivity index (χ0) is 16.9. The van der Waals surface area contributed by atoms with E-state index in [0.717, 1.165) is 31.0 Å². The van der Waals surface area contributed by atoms with Crippen molar-refractivity contribution in [2.24, 2.45) is 13.0 Å². The van der Waals surface area contributed by atoms with E-state index < -0.39 is 0 Å². The molecular formula is C18H24N4O2. The Bertz CT molecular complexity index is 684. The van der Waals surface area contributed by atoms with Crippen molar-refractivity contribution in [1.29, 1.82) is 0 Å². The highest BCUT2D eigenvalue weighted by molar-refractivity contribution is 5.93. The highest BCUT2D eigenvalue weighted by Crippen LogP contribution is 2.18. The molecular weight excluding hydrogens is 304 g/mol. The number of nitrogens with zero attached hydrogens (tertiary/aromatic N) is 3. The van der Waals surface area contributed by atoms with Crippen LogP contribution < -0.4 is 5.32 Å². The Labute approximate surface area is 142 Å². The number of amides is 1. The van der Waals surface area contributed by atoms with Crippen molar-refractivity contribution in [3.05, 3.63) is 42.1 Å². The summed E-state index contributed by atoms with van der Waals surface area (Å²) in [6, 6.07) is 11.7. The summed E-state index contributed by atoms with van der Waals surface area (Å²) in [7, 11) is 3.88. The molecule has 3 rings (SSSR count). The maximum Gasteiger partial charge on any atom is 0.269 e. The van der Waals surface area contributed by atoms with Gasteiger partial charge in [-0.1, -0.05) is 30.3 Å². The second-order valence-corrected chi connectivity index (χ2v) is 6.32. The first-order valence-corrected chi connectivity index (χ1v) is 8.27. The molecule has 128 valence electrons. The molecule has 0 radical (unpaired) electrons. The Balaban J connectivity index is 1.64. The first kappa shape index (κ1) is 16.7. The van der Waals surface area contributed by atoms with Gasteiger partial charge >= 0.3 is 0 Å². The van der Waals surface area contributed by atoms with Crippen LogP contribution in [0.25, 0.3) is 11.3 Å². The van der Waals surface area contributed by atoms with E-state index in [1.165, 1.54) is 0 Å². The lowest BCUT2D eigenvalue weighted by atomic mass is 10.1. The second kappa shape index (κ2) is 7.59. The molecule has 1 aliphatic rings. The maximum absolute atomic E-state index is 12.5. The smallest absolute Gasteiger partial charge is 0.269 e. The van der Waals surface area contributed by atoms with E-state index in [1.54, 1.807) is 11.7 Å². The Morgan fingerprint density at radius 3 is 2.92 bits per heavy atom. The van der Waals surface area contributed by atoms with Crippen molar-refractivity contribution in [1.82, 2.24) is 20.0 Å². The quantitative estimate of drug-likeness (QED) is 0.921. The van der Waals surface area contributed by atoms with Gasteiger partial charge in [-0.15, -0.1) is 0 Å². The minimum atomic E-state index is -0.0981. The van der Waals surface area contributed by atoms with Crippen LogP contribution in [0.4, 0.5) is 0 Å². The fourth-order valence-corrected chi connectivity index (χ4v) is 2.94. The van der Waals surface area contributed by atoms with Crippen molar-refractivity contribution in [2.45, 2.75) is 0 Å². The topological polar surface area (TPSA) is 59.4 Å². The van der Waals surface area contributed by atoms with Crippen LogP contribution in [0.2, 0.25) is 0 Å². The molecule has 0 saturated carbocycles. The van der Waals surface area contributed by atoms with E-state index in [0.29, 0.717) is 24.8 Å². The predicted octanol–water partition coefficient (Wildman–Crippen LogP) is 1.40. The monoisotopic (exact) mass is 328 g/mol. The average Bonchev–Trinajstić information content (AvgIpc) is 2.86. The van der Waals surface area contributed by atoms with Crippen LogP contribution in [0.3, 0.4) is 0 Å². The van der Waals surface area contributed by atoms with Crippen LogP contribution >= 0.6 is 0 Å². The van der Waals surface area contributed by atoms with Crippen molar-refractivity contribution in [3.8, 4) is 11.3 Å². The van der Waals surface area contributed by atoms with Gasteiger partial charge in [0, 0.05) is 38.2 Å². The molecule has 1 unspecified atom stereocenters. The van der Waals surface area contributed by atoms with Crippen LogP contribution in [0, 0.1) is 5.92 Å². The summed E-state index contributed by atoms with van der Waals surface area (Å²) in [5, 5.41) is 7.46. The van der Waals surface area contributed by atoms with Crippen LogP contribution in [-0.2, 0) is 11.8 Å². The van der Waals surface area contributed by atoms with Gasteiger partial charge in [0.25, 0.3) is 5.91 Å². The number of benzene rings is 1. The van der Waals surface area contributed by atoms with Gasteiger partial charge in [0.2, 0.25) is 0 Å². The van der Waals surface area contributed by atoms with Gasteiger partial charge in [0.1, 0.15) is 5.69 Å². The number of likely N-dealkylation sites (N-methyl/N-ethyl adjacent to an activating group) is 1. The number of hydrogen-bond acceptors (Lipinski definition) is 4. The lowest BCUT2D eigenvalue weighted by Crippen LogP contribution is -2.36. The summed E-state index contributed by atoms with van der Waals surface area (Å²) in [5.74, 6) is 0.211. The van der Waals surface area contributed by atoms with Gasteiger partial charge < -0.3 is 15.0 Å². The zero-order valence-electron chi connectivity index (χ0n) is 14.2. The number of carbonyl (C=O) groups excluding carboxylic acids is 1. The molecule has 0 aliphatic carbocycles. The lowest BCUT2D eigenvalue weighted by molar-refractivity contribution is 0.0912. The molecule has 24 heavy (non-hydrogen) atoms. The molecule has 0 spiro atoms. The molecule has 2 aromatic rings. The molecule has 2 heterocycles. The minimum Gasteiger partial charge on any atom is -0.380 e. The highest BCUT2D eigenvalue weighted by Gasteiger charge is 2.19. The number of ether oxygens (including phenoxy) is 1. The van der Waals surface area contributed by atoms with Gasteiger partial charge in [0.05, 0.1) is 18.9 Å². The first-order chi connectivity index (χ1) is 11.6. The number of aryl methyl sites for hydroxylation is 1. The lowest BCUT2D eigenvalue weighted by Gasteiger charge is -2.19. The molecule has 0 bridgehead atoms. The normalized spacial score (nSPS) is 19.0. The predicted molar refractivity (Wildman–Crippen MR) is 92.8 cm³/mol. The minimum absolute atomic E-state index is 0.0981. The number of hydrogen-bond donors (Lipinski definition) is 1. The Hall–Kier alpha value is -2.18. The van der Waals surface area contributed by atoms with Gasteiger partial charge in [-0.05, 0) is 13.1 Å². The van der Waals surface area contributed by atoms with E-state index in [2.05, 4.69) is 22.4 Å². The summed E-state index contributed by atoms with van der Waals surface area (Å²) >= 11 is 0. The average molecular weight is 328 g/mol. The van der Waals surface area contributed by atoms with Crippen molar-refractivity contribution >= 4 is 5.91 Å². The molecule has 1 saturated heterocycles. The highest BCUT2D eigenvalue weighted by atomic mass is 16.5. The van der Waals surface area contributed by atoms with Gasteiger partial charge in [0.15, 0.2) is 0 Å². The van der Waals surface area contributed by atoms with E-state index in [1.807, 2.05) is 36.4 Å². The van der Waals surface area contributed by atoms with Crippen LogP contribution in [0.15, 0.2) is 36.4 Å². The van der Waals surface area contributed by atoms with E-state index in [9.17, 15) is 4.79 Å². The third-order valence-corrected chi connectivity index (χ3v) is 4.27. The van der Waals surface area contributed by atoms with Crippen molar-refractivity contribution in [2.75, 3.05) is 39.9 Å². The van der Waals surface area contributed by atoms with E-state index in [-0.39, 0.29) is 5.91 Å². The standard InChI is InChI=1S/C18H24N4O2/c1-21-8-9-24-13-14(12-21)11-19-18(23)17-10-16(20-22(17)2)15-6-4-3-5-7-15/h3-7,10,14H,8-9,11-13H2,1-2H3,(H,19,23). The summed E-state index contributed by atoms with van der Waals surface area (Å²) in [5.41, 5.74) is 2.38. The Kier molecular flexibility index (Phi) is 5.27. The van der Waals surface area contributed by atoms with Crippen LogP contribution in [-0.4, -0.2) is 60.5 Å². The Morgan fingerprint density at radius 1 is 1.33 bits per heavy atom. The summed E-state index contributed by atoms with van der Waals surface area (Å²) in [6.07, 6.45) is 0. The largest absolute Gasteiger partial charge is 0.380 e. The summed E-state index contributed by atoms with van der Waals surface area (Å²) < 4.78 is 7.22. The number of rotatable bonds is 4. The fourth-order valence-electron chi connectivity index (χ4n) is 2.94. The third-order valence-electron chi connectivity index (χ3n) is 4.27. The molecule has 1 aromatic heterocycles. The molecule has 1 N–H and O–H groups in total. The third kappa shape index (κ3) is 4.01. The van der Waals surface area contributed by atoms with Gasteiger partial charge in [-0.2, -0.15) is 5.10 Å². The summed E-state index contributed by atoms with van der Waals surface area (Å²) in [4.78, 5) is 14.7. The Morgan fingerprint density at radius 2 is 2.12 bits per heavy atom. The molecule has 6 nitrogen and oxygen atoms in total.